The van der Waals surface area contributed by atoms with Crippen LogP contribution >= 0.6 is 0 Å². The Kier molecular flexibility index (Phi) is 4.70. The number of nitrogens with one attached hydrogen (secondary N) is 1. The standard InChI is InChI=1S/C19H18N2O4/c1-21-17(16(19(23)25-21)14-6-4-3-5-7-14)18(22)20-12-13-8-10-15(24-2)11-9-13/h3-11H,12H2,1-2H3,(H,20,22). The number of carbonyl (C=O) groups excluding carboxylic acids is 1. The highest BCUT2D eigenvalue weighted by Gasteiger charge is 2.23. The molecule has 0 unspecified atom stereocenters. The lowest BCUT2D eigenvalue weighted by atomic mass is 10.1. The quantitative estimate of drug-likeness (QED) is 0.776. The normalized spacial score (nSPS) is 10.5. The molecule has 0 aliphatic heterocycles. The van der Waals surface area contributed by atoms with Crippen molar-refractivity contribution in [1.82, 2.24) is 10.1 Å². The second kappa shape index (κ2) is 7.09. The van der Waals surface area contributed by atoms with Crippen molar-refractivity contribution in [1.29, 1.82) is 0 Å². The number of methoxy groups -OCH3 is 1. The number of ether oxygens (including phenoxy) is 1. The van der Waals surface area contributed by atoms with Gasteiger partial charge in [-0.05, 0) is 23.3 Å². The Morgan fingerprint density at radius 1 is 1.12 bits per heavy atom. The zero-order valence-corrected chi connectivity index (χ0v) is 14.0. The van der Waals surface area contributed by atoms with E-state index in [0.29, 0.717) is 12.1 Å². The van der Waals surface area contributed by atoms with E-state index in [9.17, 15) is 9.59 Å². The Bertz CT molecular complexity index is 924. The highest BCUT2D eigenvalue weighted by molar-refractivity contribution is 5.98. The number of nitrogens with zero attached hydrogens (tertiary/aromatic N) is 1. The molecule has 25 heavy (non-hydrogen) atoms. The number of hydrogen-bond acceptors (Lipinski definition) is 4. The van der Waals surface area contributed by atoms with Crippen LogP contribution in [0.2, 0.25) is 0 Å². The molecule has 3 aromatic rings. The second-order valence-corrected chi connectivity index (χ2v) is 5.50. The summed E-state index contributed by atoms with van der Waals surface area (Å²) in [6.07, 6.45) is 0. The molecule has 1 heterocycles. The van der Waals surface area contributed by atoms with Crippen molar-refractivity contribution in [3.05, 3.63) is 76.3 Å². The van der Waals surface area contributed by atoms with Crippen molar-refractivity contribution in [3.8, 4) is 16.9 Å². The third kappa shape index (κ3) is 3.47. The van der Waals surface area contributed by atoms with Crippen LogP contribution in [0.5, 0.6) is 5.75 Å². The number of aryl methyl sites for hydroxylation is 1. The van der Waals surface area contributed by atoms with Crippen LogP contribution in [0.3, 0.4) is 0 Å². The van der Waals surface area contributed by atoms with Gasteiger partial charge in [0, 0.05) is 13.6 Å². The Morgan fingerprint density at radius 2 is 1.80 bits per heavy atom. The molecule has 0 radical (unpaired) electrons. The fourth-order valence-corrected chi connectivity index (χ4v) is 2.60. The first kappa shape index (κ1) is 16.6. The highest BCUT2D eigenvalue weighted by Crippen LogP contribution is 2.20. The van der Waals surface area contributed by atoms with Gasteiger partial charge in [-0.1, -0.05) is 42.5 Å². The number of hydrogen-bond donors (Lipinski definition) is 1. The van der Waals surface area contributed by atoms with E-state index in [1.807, 2.05) is 30.3 Å². The summed E-state index contributed by atoms with van der Waals surface area (Å²) in [5.41, 5.74) is 1.48. The maximum absolute atomic E-state index is 12.6. The van der Waals surface area contributed by atoms with Gasteiger partial charge < -0.3 is 14.6 Å². The van der Waals surface area contributed by atoms with Crippen LogP contribution in [0.4, 0.5) is 0 Å². The van der Waals surface area contributed by atoms with Crippen LogP contribution in [-0.4, -0.2) is 17.8 Å². The third-order valence-electron chi connectivity index (χ3n) is 3.87. The van der Waals surface area contributed by atoms with Gasteiger partial charge in [0.1, 0.15) is 11.3 Å². The first-order valence-electron chi connectivity index (χ1n) is 7.77. The molecular weight excluding hydrogens is 320 g/mol. The molecule has 128 valence electrons. The van der Waals surface area contributed by atoms with Crippen LogP contribution in [-0.2, 0) is 13.6 Å². The van der Waals surface area contributed by atoms with Gasteiger partial charge in [-0.15, -0.1) is 0 Å². The lowest BCUT2D eigenvalue weighted by Crippen LogP contribution is -2.25. The zero-order valence-electron chi connectivity index (χ0n) is 14.0. The summed E-state index contributed by atoms with van der Waals surface area (Å²) in [6, 6.07) is 16.4. The average molecular weight is 338 g/mol. The predicted molar refractivity (Wildman–Crippen MR) is 93.5 cm³/mol. The molecule has 0 bridgehead atoms. The Balaban J connectivity index is 1.83. The monoisotopic (exact) mass is 338 g/mol. The van der Waals surface area contributed by atoms with Gasteiger partial charge in [0.15, 0.2) is 5.69 Å². The van der Waals surface area contributed by atoms with E-state index < -0.39 is 5.63 Å². The van der Waals surface area contributed by atoms with Gasteiger partial charge in [0.05, 0.1) is 7.11 Å². The van der Waals surface area contributed by atoms with E-state index in [1.165, 1.54) is 11.8 Å². The smallest absolute Gasteiger partial charge is 0.366 e. The summed E-state index contributed by atoms with van der Waals surface area (Å²) in [6.45, 7) is 0.330. The predicted octanol–water partition coefficient (Wildman–Crippen LogP) is 2.58. The highest BCUT2D eigenvalue weighted by atomic mass is 16.5. The third-order valence-corrected chi connectivity index (χ3v) is 3.87. The van der Waals surface area contributed by atoms with Crippen LogP contribution in [0.1, 0.15) is 16.1 Å². The SMILES string of the molecule is COc1ccc(CNC(=O)c2c(-c3ccccc3)c(=O)on2C)cc1. The molecule has 2 aromatic carbocycles. The molecule has 0 aliphatic carbocycles. The average Bonchev–Trinajstić information content (AvgIpc) is 2.95. The van der Waals surface area contributed by atoms with Gasteiger partial charge in [-0.2, -0.15) is 0 Å². The molecule has 0 saturated carbocycles. The van der Waals surface area contributed by atoms with Gasteiger partial charge in [0.2, 0.25) is 0 Å². The van der Waals surface area contributed by atoms with Crippen molar-refractivity contribution < 1.29 is 14.1 Å². The van der Waals surface area contributed by atoms with Crippen LogP contribution in [0, 0.1) is 0 Å². The van der Waals surface area contributed by atoms with Gasteiger partial charge >= 0.3 is 5.63 Å². The minimum atomic E-state index is -0.539. The molecule has 1 aromatic heterocycles. The Labute approximate surface area is 144 Å². The second-order valence-electron chi connectivity index (χ2n) is 5.50. The molecule has 3 rings (SSSR count). The molecule has 1 N–H and O–H groups in total. The minimum absolute atomic E-state index is 0.199. The van der Waals surface area contributed by atoms with E-state index in [1.54, 1.807) is 31.4 Å². The molecule has 0 fully saturated rings. The number of aromatic nitrogens is 1. The Morgan fingerprint density at radius 3 is 2.44 bits per heavy atom. The van der Waals surface area contributed by atoms with Crippen molar-refractivity contribution in [2.75, 3.05) is 7.11 Å². The van der Waals surface area contributed by atoms with Crippen molar-refractivity contribution in [2.24, 2.45) is 7.05 Å². The topological polar surface area (TPSA) is 73.5 Å². The minimum Gasteiger partial charge on any atom is -0.497 e. The molecule has 0 aliphatic rings. The fourth-order valence-electron chi connectivity index (χ4n) is 2.60. The fraction of sp³-hybridized carbons (Fsp3) is 0.158. The summed E-state index contributed by atoms with van der Waals surface area (Å²) in [5.74, 6) is 0.377. The molecule has 0 atom stereocenters. The lowest BCUT2D eigenvalue weighted by molar-refractivity contribution is 0.0931. The van der Waals surface area contributed by atoms with E-state index in [4.69, 9.17) is 9.26 Å². The Hall–Kier alpha value is -3.28. The first-order valence-corrected chi connectivity index (χ1v) is 7.77. The lowest BCUT2D eigenvalue weighted by Gasteiger charge is -2.08. The number of amides is 1. The number of rotatable bonds is 5. The largest absolute Gasteiger partial charge is 0.497 e. The van der Waals surface area contributed by atoms with Crippen LogP contribution < -0.4 is 15.7 Å². The summed E-state index contributed by atoms with van der Waals surface area (Å²) in [5, 5.41) is 2.82. The molecule has 0 spiro atoms. The van der Waals surface area contributed by atoms with Gasteiger partial charge in [-0.25, -0.2) is 9.53 Å². The van der Waals surface area contributed by atoms with E-state index in [2.05, 4.69) is 5.32 Å². The molecular formula is C19H18N2O4. The number of benzene rings is 2. The molecule has 6 nitrogen and oxygen atoms in total. The van der Waals surface area contributed by atoms with E-state index in [-0.39, 0.29) is 17.2 Å². The summed E-state index contributed by atoms with van der Waals surface area (Å²) < 4.78 is 11.4. The van der Waals surface area contributed by atoms with Gasteiger partial charge in [0.25, 0.3) is 5.91 Å². The van der Waals surface area contributed by atoms with Crippen LogP contribution in [0.25, 0.3) is 11.1 Å². The van der Waals surface area contributed by atoms with E-state index >= 15 is 0 Å². The first-order chi connectivity index (χ1) is 12.1. The van der Waals surface area contributed by atoms with E-state index in [0.717, 1.165) is 11.3 Å². The zero-order chi connectivity index (χ0) is 17.8. The maximum Gasteiger partial charge on any atom is 0.366 e. The summed E-state index contributed by atoms with van der Waals surface area (Å²) >= 11 is 0. The summed E-state index contributed by atoms with van der Waals surface area (Å²) in [4.78, 5) is 24.7. The van der Waals surface area contributed by atoms with Crippen molar-refractivity contribution in [3.63, 3.8) is 0 Å². The van der Waals surface area contributed by atoms with Crippen molar-refractivity contribution in [2.45, 2.75) is 6.54 Å². The molecule has 1 amide bonds. The van der Waals surface area contributed by atoms with Crippen LogP contribution in [0.15, 0.2) is 63.9 Å². The molecule has 6 heteroatoms. The number of carbonyl (C=O) groups is 1. The maximum atomic E-state index is 12.6. The van der Waals surface area contributed by atoms with Crippen molar-refractivity contribution >= 4 is 5.91 Å². The molecule has 0 saturated heterocycles. The van der Waals surface area contributed by atoms with Gasteiger partial charge in [-0.3, -0.25) is 4.79 Å². The summed E-state index contributed by atoms with van der Waals surface area (Å²) in [7, 11) is 3.14.